The first kappa shape index (κ1) is 21.1. The molecule has 1 aliphatic rings. The summed E-state index contributed by atoms with van der Waals surface area (Å²) >= 11 is 0. The van der Waals surface area contributed by atoms with Crippen LogP contribution in [-0.2, 0) is 17.9 Å². The SMILES string of the molecule is COc1ccc(CN2CCN(CC(=O)NCc3ccc(F)cc3)CC2)cc1OC. The number of rotatable bonds is 8. The van der Waals surface area contributed by atoms with Gasteiger partial charge in [-0.25, -0.2) is 4.39 Å². The van der Waals surface area contributed by atoms with Gasteiger partial charge in [-0.1, -0.05) is 18.2 Å². The average molecular weight is 401 g/mol. The lowest BCUT2D eigenvalue weighted by Crippen LogP contribution is -2.49. The molecule has 0 radical (unpaired) electrons. The normalized spacial score (nSPS) is 15.1. The largest absolute Gasteiger partial charge is 0.493 e. The molecule has 1 aliphatic heterocycles. The molecule has 2 aromatic rings. The number of hydrogen-bond donors (Lipinski definition) is 1. The summed E-state index contributed by atoms with van der Waals surface area (Å²) in [4.78, 5) is 16.7. The van der Waals surface area contributed by atoms with Crippen molar-refractivity contribution in [3.05, 3.63) is 59.4 Å². The number of carbonyl (C=O) groups is 1. The summed E-state index contributed by atoms with van der Waals surface area (Å²) in [6.45, 7) is 5.13. The number of nitrogens with one attached hydrogen (secondary N) is 1. The Morgan fingerprint density at radius 3 is 2.21 bits per heavy atom. The number of hydrogen-bond acceptors (Lipinski definition) is 5. The summed E-state index contributed by atoms with van der Waals surface area (Å²) in [5.74, 6) is 1.18. The molecule has 3 rings (SSSR count). The van der Waals surface area contributed by atoms with Crippen molar-refractivity contribution < 1.29 is 18.7 Å². The van der Waals surface area contributed by atoms with Gasteiger partial charge in [0.25, 0.3) is 0 Å². The predicted molar refractivity (Wildman–Crippen MR) is 110 cm³/mol. The summed E-state index contributed by atoms with van der Waals surface area (Å²) < 4.78 is 23.6. The van der Waals surface area contributed by atoms with Gasteiger partial charge in [0.1, 0.15) is 5.82 Å². The number of nitrogens with zero attached hydrogens (tertiary/aromatic N) is 2. The van der Waals surface area contributed by atoms with Crippen LogP contribution in [0.25, 0.3) is 0 Å². The van der Waals surface area contributed by atoms with Crippen molar-refractivity contribution in [1.82, 2.24) is 15.1 Å². The smallest absolute Gasteiger partial charge is 0.234 e. The van der Waals surface area contributed by atoms with E-state index in [0.717, 1.165) is 49.8 Å². The fourth-order valence-corrected chi connectivity index (χ4v) is 3.40. The zero-order valence-electron chi connectivity index (χ0n) is 17.0. The number of ether oxygens (including phenoxy) is 2. The summed E-state index contributed by atoms with van der Waals surface area (Å²) in [6, 6.07) is 12.2. The standard InChI is InChI=1S/C22H28FN3O3/c1-28-20-8-5-18(13-21(20)29-2)15-25-9-11-26(12-10-25)16-22(27)24-14-17-3-6-19(23)7-4-17/h3-8,13H,9-12,14-16H2,1-2H3,(H,24,27). The molecule has 0 bridgehead atoms. The molecule has 0 aliphatic carbocycles. The van der Waals surface area contributed by atoms with Crippen LogP contribution in [0.5, 0.6) is 11.5 Å². The van der Waals surface area contributed by atoms with Gasteiger partial charge < -0.3 is 14.8 Å². The number of amides is 1. The Hall–Kier alpha value is -2.64. The van der Waals surface area contributed by atoms with Crippen molar-refractivity contribution >= 4 is 5.91 Å². The molecule has 29 heavy (non-hydrogen) atoms. The first-order valence-electron chi connectivity index (χ1n) is 9.74. The lowest BCUT2D eigenvalue weighted by atomic mass is 10.1. The predicted octanol–water partition coefficient (Wildman–Crippen LogP) is 2.28. The van der Waals surface area contributed by atoms with E-state index in [9.17, 15) is 9.18 Å². The fourth-order valence-electron chi connectivity index (χ4n) is 3.40. The number of methoxy groups -OCH3 is 2. The lowest BCUT2D eigenvalue weighted by molar-refractivity contribution is -0.122. The maximum absolute atomic E-state index is 12.9. The van der Waals surface area contributed by atoms with Crippen molar-refractivity contribution in [2.45, 2.75) is 13.1 Å². The van der Waals surface area contributed by atoms with E-state index in [1.54, 1.807) is 26.4 Å². The van der Waals surface area contributed by atoms with Crippen molar-refractivity contribution in [1.29, 1.82) is 0 Å². The van der Waals surface area contributed by atoms with Gasteiger partial charge in [-0.05, 0) is 35.4 Å². The Morgan fingerprint density at radius 2 is 1.55 bits per heavy atom. The average Bonchev–Trinajstić information content (AvgIpc) is 2.74. The van der Waals surface area contributed by atoms with Crippen molar-refractivity contribution in [2.24, 2.45) is 0 Å². The topological polar surface area (TPSA) is 54.0 Å². The Kier molecular flexibility index (Phi) is 7.43. The quantitative estimate of drug-likeness (QED) is 0.736. The van der Waals surface area contributed by atoms with Gasteiger partial charge >= 0.3 is 0 Å². The minimum Gasteiger partial charge on any atom is -0.493 e. The van der Waals surface area contributed by atoms with E-state index < -0.39 is 0 Å². The van der Waals surface area contributed by atoms with Crippen LogP contribution in [0.3, 0.4) is 0 Å². The highest BCUT2D eigenvalue weighted by molar-refractivity contribution is 5.78. The minimum absolute atomic E-state index is 0.0114. The summed E-state index contributed by atoms with van der Waals surface area (Å²) in [7, 11) is 3.27. The molecule has 0 unspecified atom stereocenters. The molecule has 1 heterocycles. The number of piperazine rings is 1. The molecule has 0 aromatic heterocycles. The Labute approximate surface area is 171 Å². The molecule has 7 heteroatoms. The Balaban J connectivity index is 1.41. The summed E-state index contributed by atoms with van der Waals surface area (Å²) in [5, 5.41) is 2.90. The second kappa shape index (κ2) is 10.2. The number of halogens is 1. The molecule has 1 fully saturated rings. The first-order valence-corrected chi connectivity index (χ1v) is 9.74. The monoisotopic (exact) mass is 401 g/mol. The maximum Gasteiger partial charge on any atom is 0.234 e. The molecule has 0 atom stereocenters. The highest BCUT2D eigenvalue weighted by atomic mass is 19.1. The molecule has 0 spiro atoms. The molecule has 6 nitrogen and oxygen atoms in total. The Bertz CT molecular complexity index is 805. The molecule has 1 N–H and O–H groups in total. The van der Waals surface area contributed by atoms with Crippen LogP contribution in [0.4, 0.5) is 4.39 Å². The van der Waals surface area contributed by atoms with Crippen LogP contribution in [0, 0.1) is 5.82 Å². The number of benzene rings is 2. The molecule has 2 aromatic carbocycles. The maximum atomic E-state index is 12.9. The van der Waals surface area contributed by atoms with Crippen LogP contribution in [0.15, 0.2) is 42.5 Å². The van der Waals surface area contributed by atoms with Crippen molar-refractivity contribution in [2.75, 3.05) is 46.9 Å². The molecule has 0 saturated carbocycles. The van der Waals surface area contributed by atoms with Crippen LogP contribution in [0.2, 0.25) is 0 Å². The second-order valence-corrected chi connectivity index (χ2v) is 7.14. The highest BCUT2D eigenvalue weighted by Gasteiger charge is 2.19. The van der Waals surface area contributed by atoms with Gasteiger partial charge in [-0.2, -0.15) is 0 Å². The minimum atomic E-state index is -0.272. The van der Waals surface area contributed by atoms with Gasteiger partial charge in [0.15, 0.2) is 11.5 Å². The molecule has 156 valence electrons. The molecule has 1 amide bonds. The number of carbonyl (C=O) groups excluding carboxylic acids is 1. The van der Waals surface area contributed by atoms with Gasteiger partial charge in [-0.15, -0.1) is 0 Å². The van der Waals surface area contributed by atoms with E-state index in [2.05, 4.69) is 21.2 Å². The highest BCUT2D eigenvalue weighted by Crippen LogP contribution is 2.28. The molecule has 1 saturated heterocycles. The van der Waals surface area contributed by atoms with E-state index >= 15 is 0 Å². The Morgan fingerprint density at radius 1 is 0.931 bits per heavy atom. The third-order valence-corrected chi connectivity index (χ3v) is 5.09. The van der Waals surface area contributed by atoms with E-state index in [4.69, 9.17) is 9.47 Å². The molecular weight excluding hydrogens is 373 g/mol. The second-order valence-electron chi connectivity index (χ2n) is 7.14. The summed E-state index contributed by atoms with van der Waals surface area (Å²) in [5.41, 5.74) is 2.06. The van der Waals surface area contributed by atoms with Crippen LogP contribution < -0.4 is 14.8 Å². The third kappa shape index (κ3) is 6.17. The lowest BCUT2D eigenvalue weighted by Gasteiger charge is -2.34. The van der Waals surface area contributed by atoms with Crippen molar-refractivity contribution in [3.63, 3.8) is 0 Å². The van der Waals surface area contributed by atoms with E-state index in [1.807, 2.05) is 12.1 Å². The van der Waals surface area contributed by atoms with E-state index in [0.29, 0.717) is 13.1 Å². The zero-order valence-corrected chi connectivity index (χ0v) is 17.0. The van der Waals surface area contributed by atoms with Crippen LogP contribution in [-0.4, -0.2) is 62.7 Å². The van der Waals surface area contributed by atoms with Gasteiger partial charge in [-0.3, -0.25) is 14.6 Å². The van der Waals surface area contributed by atoms with Gasteiger partial charge in [0.2, 0.25) is 5.91 Å². The fraction of sp³-hybridized carbons (Fsp3) is 0.409. The van der Waals surface area contributed by atoms with E-state index in [1.165, 1.54) is 17.7 Å². The van der Waals surface area contributed by atoms with E-state index in [-0.39, 0.29) is 11.7 Å². The first-order chi connectivity index (χ1) is 14.1. The molecular formula is C22H28FN3O3. The summed E-state index contributed by atoms with van der Waals surface area (Å²) in [6.07, 6.45) is 0. The third-order valence-electron chi connectivity index (χ3n) is 5.09. The van der Waals surface area contributed by atoms with Gasteiger partial charge in [0.05, 0.1) is 20.8 Å². The van der Waals surface area contributed by atoms with Crippen LogP contribution >= 0.6 is 0 Å². The van der Waals surface area contributed by atoms with Gasteiger partial charge in [0, 0.05) is 39.3 Å². The zero-order chi connectivity index (χ0) is 20.6. The van der Waals surface area contributed by atoms with Crippen molar-refractivity contribution in [3.8, 4) is 11.5 Å². The van der Waals surface area contributed by atoms with Crippen LogP contribution in [0.1, 0.15) is 11.1 Å².